The van der Waals surface area contributed by atoms with Crippen LogP contribution in [0.3, 0.4) is 0 Å². The lowest BCUT2D eigenvalue weighted by atomic mass is 10.1. The molecule has 0 aliphatic rings. The molecule has 1 amide bonds. The number of carbonyl (C=O) groups excluding carboxylic acids is 1. The van der Waals surface area contributed by atoms with Crippen molar-refractivity contribution in [1.29, 1.82) is 0 Å². The Bertz CT molecular complexity index is 800. The summed E-state index contributed by atoms with van der Waals surface area (Å²) in [5.74, 6) is 0.556. The number of hydrogen-bond donors (Lipinski definition) is 1. The van der Waals surface area contributed by atoms with Crippen molar-refractivity contribution in [2.75, 3.05) is 6.61 Å². The van der Waals surface area contributed by atoms with E-state index in [-0.39, 0.29) is 12.5 Å². The minimum atomic E-state index is -0.138. The van der Waals surface area contributed by atoms with Crippen LogP contribution in [0, 0.1) is 3.57 Å². The van der Waals surface area contributed by atoms with Crippen molar-refractivity contribution in [3.63, 3.8) is 0 Å². The molecule has 0 saturated carbocycles. The summed E-state index contributed by atoms with van der Waals surface area (Å²) in [6.07, 6.45) is 5.49. The first kappa shape index (κ1) is 17.5. The summed E-state index contributed by atoms with van der Waals surface area (Å²) in [6.45, 7) is 1.29. The Balaban J connectivity index is 1.43. The van der Waals surface area contributed by atoms with Crippen LogP contribution < -0.4 is 10.1 Å². The van der Waals surface area contributed by atoms with Crippen LogP contribution in [0.1, 0.15) is 11.1 Å². The number of halogens is 1. The van der Waals surface area contributed by atoms with Crippen molar-refractivity contribution in [2.45, 2.75) is 13.1 Å². The molecule has 2 aromatic carbocycles. The third kappa shape index (κ3) is 5.60. The average Bonchev–Trinajstić information content (AvgIpc) is 3.14. The number of aromatic nitrogens is 2. The van der Waals surface area contributed by atoms with Crippen LogP contribution in [0.4, 0.5) is 0 Å². The first-order valence-electron chi connectivity index (χ1n) is 7.88. The molecule has 0 spiro atoms. The fourth-order valence-electron chi connectivity index (χ4n) is 2.28. The van der Waals surface area contributed by atoms with Gasteiger partial charge in [-0.2, -0.15) is 0 Å². The van der Waals surface area contributed by atoms with E-state index in [0.717, 1.165) is 15.7 Å². The topological polar surface area (TPSA) is 56.1 Å². The van der Waals surface area contributed by atoms with Crippen LogP contribution in [-0.2, 0) is 17.9 Å². The van der Waals surface area contributed by atoms with Crippen LogP contribution in [0.5, 0.6) is 5.75 Å². The summed E-state index contributed by atoms with van der Waals surface area (Å²) in [5, 5.41) is 2.86. The third-order valence-corrected chi connectivity index (χ3v) is 4.34. The van der Waals surface area contributed by atoms with Crippen LogP contribution in [0.25, 0.3) is 0 Å². The monoisotopic (exact) mass is 447 g/mol. The second kappa shape index (κ2) is 8.66. The van der Waals surface area contributed by atoms with Crippen molar-refractivity contribution < 1.29 is 9.53 Å². The zero-order valence-corrected chi connectivity index (χ0v) is 15.7. The maximum Gasteiger partial charge on any atom is 0.258 e. The highest BCUT2D eigenvalue weighted by Crippen LogP contribution is 2.13. The second-order valence-electron chi connectivity index (χ2n) is 5.57. The Morgan fingerprint density at radius 3 is 2.48 bits per heavy atom. The zero-order chi connectivity index (χ0) is 17.5. The van der Waals surface area contributed by atoms with Gasteiger partial charge < -0.3 is 14.6 Å². The van der Waals surface area contributed by atoms with Gasteiger partial charge in [-0.15, -0.1) is 0 Å². The van der Waals surface area contributed by atoms with Crippen molar-refractivity contribution in [3.05, 3.63) is 81.9 Å². The number of carbonyl (C=O) groups is 1. The second-order valence-corrected chi connectivity index (χ2v) is 6.82. The molecular formula is C19H18IN3O2. The van der Waals surface area contributed by atoms with Gasteiger partial charge in [0, 0.05) is 29.1 Å². The van der Waals surface area contributed by atoms with E-state index in [0.29, 0.717) is 12.3 Å². The number of ether oxygens (including phenoxy) is 1. The Labute approximate surface area is 160 Å². The first-order valence-corrected chi connectivity index (χ1v) is 8.95. The summed E-state index contributed by atoms with van der Waals surface area (Å²) >= 11 is 2.23. The highest BCUT2D eigenvalue weighted by atomic mass is 127. The normalized spacial score (nSPS) is 10.4. The Kier molecular flexibility index (Phi) is 6.05. The molecule has 0 atom stereocenters. The van der Waals surface area contributed by atoms with E-state index in [4.69, 9.17) is 4.74 Å². The number of nitrogens with one attached hydrogen (secondary N) is 1. The molecule has 0 aliphatic carbocycles. The smallest absolute Gasteiger partial charge is 0.258 e. The molecule has 25 heavy (non-hydrogen) atoms. The molecule has 1 aromatic heterocycles. The Hall–Kier alpha value is -2.35. The Morgan fingerprint density at radius 1 is 1.08 bits per heavy atom. The third-order valence-electron chi connectivity index (χ3n) is 3.62. The van der Waals surface area contributed by atoms with Gasteiger partial charge in [0.25, 0.3) is 5.91 Å². The molecular weight excluding hydrogens is 429 g/mol. The molecule has 3 rings (SSSR count). The summed E-state index contributed by atoms with van der Waals surface area (Å²) in [4.78, 5) is 15.9. The quantitative estimate of drug-likeness (QED) is 0.566. The number of nitrogens with zero attached hydrogens (tertiary/aromatic N) is 2. The molecule has 128 valence electrons. The van der Waals surface area contributed by atoms with Gasteiger partial charge in [0.15, 0.2) is 6.61 Å². The van der Waals surface area contributed by atoms with E-state index in [2.05, 4.69) is 45.0 Å². The van der Waals surface area contributed by atoms with E-state index in [9.17, 15) is 4.79 Å². The predicted molar refractivity (Wildman–Crippen MR) is 104 cm³/mol. The van der Waals surface area contributed by atoms with Crippen LogP contribution in [0.2, 0.25) is 0 Å². The van der Waals surface area contributed by atoms with Crippen LogP contribution in [0.15, 0.2) is 67.3 Å². The van der Waals surface area contributed by atoms with Gasteiger partial charge in [-0.3, -0.25) is 4.79 Å². The molecule has 0 saturated heterocycles. The average molecular weight is 447 g/mol. The molecule has 0 unspecified atom stereocenters. The highest BCUT2D eigenvalue weighted by Gasteiger charge is 2.03. The number of imidazole rings is 1. The van der Waals surface area contributed by atoms with Crippen molar-refractivity contribution in [1.82, 2.24) is 14.9 Å². The van der Waals surface area contributed by atoms with Gasteiger partial charge in [0.2, 0.25) is 0 Å². The van der Waals surface area contributed by atoms with Crippen LogP contribution in [-0.4, -0.2) is 22.1 Å². The maximum absolute atomic E-state index is 11.9. The van der Waals surface area contributed by atoms with Crippen LogP contribution >= 0.6 is 22.6 Å². The van der Waals surface area contributed by atoms with Gasteiger partial charge in [-0.1, -0.05) is 24.3 Å². The van der Waals surface area contributed by atoms with E-state index in [1.807, 2.05) is 47.2 Å². The van der Waals surface area contributed by atoms with Gasteiger partial charge >= 0.3 is 0 Å². The molecule has 6 heteroatoms. The minimum absolute atomic E-state index is 0.0132. The van der Waals surface area contributed by atoms with E-state index >= 15 is 0 Å². The minimum Gasteiger partial charge on any atom is -0.484 e. The summed E-state index contributed by atoms with van der Waals surface area (Å²) in [5.41, 5.74) is 2.24. The van der Waals surface area contributed by atoms with Crippen molar-refractivity contribution >= 4 is 28.5 Å². The fourth-order valence-corrected chi connectivity index (χ4v) is 2.64. The summed E-state index contributed by atoms with van der Waals surface area (Å²) in [7, 11) is 0. The molecule has 0 bridgehead atoms. The lowest BCUT2D eigenvalue weighted by Crippen LogP contribution is -2.28. The van der Waals surface area contributed by atoms with Gasteiger partial charge in [0.1, 0.15) is 5.75 Å². The molecule has 1 heterocycles. The first-order chi connectivity index (χ1) is 12.2. The molecule has 1 N–H and O–H groups in total. The maximum atomic E-state index is 11.9. The van der Waals surface area contributed by atoms with Crippen molar-refractivity contribution in [2.24, 2.45) is 0 Å². The van der Waals surface area contributed by atoms with Gasteiger partial charge in [-0.25, -0.2) is 4.98 Å². The fraction of sp³-hybridized carbons (Fsp3) is 0.158. The van der Waals surface area contributed by atoms with E-state index in [1.54, 1.807) is 12.5 Å². The lowest BCUT2D eigenvalue weighted by molar-refractivity contribution is -0.123. The molecule has 0 fully saturated rings. The number of amides is 1. The standard InChI is InChI=1S/C19H18IN3O2/c20-17-5-7-18(8-6-17)25-13-19(24)22-11-15-1-3-16(4-2-15)12-23-10-9-21-14-23/h1-10,14H,11-13H2,(H,22,24). The van der Waals surface area contributed by atoms with Gasteiger partial charge in [0.05, 0.1) is 6.33 Å². The predicted octanol–water partition coefficient (Wildman–Crippen LogP) is 3.23. The lowest BCUT2D eigenvalue weighted by Gasteiger charge is -2.08. The molecule has 3 aromatic rings. The highest BCUT2D eigenvalue weighted by molar-refractivity contribution is 14.1. The van der Waals surface area contributed by atoms with E-state index < -0.39 is 0 Å². The van der Waals surface area contributed by atoms with Crippen molar-refractivity contribution in [3.8, 4) is 5.75 Å². The number of benzene rings is 2. The largest absolute Gasteiger partial charge is 0.484 e. The summed E-state index contributed by atoms with van der Waals surface area (Å²) in [6, 6.07) is 15.8. The zero-order valence-electron chi connectivity index (χ0n) is 13.6. The number of hydrogen-bond acceptors (Lipinski definition) is 3. The number of rotatable bonds is 7. The molecule has 5 nitrogen and oxygen atoms in total. The van der Waals surface area contributed by atoms with Gasteiger partial charge in [-0.05, 0) is 58.0 Å². The summed E-state index contributed by atoms with van der Waals surface area (Å²) < 4.78 is 8.61. The van der Waals surface area contributed by atoms with E-state index in [1.165, 1.54) is 5.56 Å². The Morgan fingerprint density at radius 2 is 1.80 bits per heavy atom. The molecule has 0 aliphatic heterocycles. The molecule has 0 radical (unpaired) electrons. The SMILES string of the molecule is O=C(COc1ccc(I)cc1)NCc1ccc(Cn2ccnc2)cc1.